The molecule has 0 aromatic carbocycles. The summed E-state index contributed by atoms with van der Waals surface area (Å²) in [6, 6.07) is 2.19. The normalized spacial score (nSPS) is 14.7. The molecule has 22 heavy (non-hydrogen) atoms. The van der Waals surface area contributed by atoms with Crippen LogP contribution in [-0.2, 0) is 19.5 Å². The lowest BCUT2D eigenvalue weighted by Gasteiger charge is -2.27. The summed E-state index contributed by atoms with van der Waals surface area (Å²) in [5.41, 5.74) is 4.61. The third kappa shape index (κ3) is 2.75. The van der Waals surface area contributed by atoms with E-state index in [2.05, 4.69) is 36.7 Å². The molecule has 4 rings (SSSR count). The highest BCUT2D eigenvalue weighted by atomic mass is 32.1. The smallest absolute Gasteiger partial charge is 0.162 e. The summed E-state index contributed by atoms with van der Waals surface area (Å²) >= 11 is 1.75. The Balaban J connectivity index is 1.58. The van der Waals surface area contributed by atoms with E-state index < -0.39 is 0 Å². The third-order valence-electron chi connectivity index (χ3n) is 3.83. The first-order valence-electron chi connectivity index (χ1n) is 7.22. The maximum Gasteiger partial charge on any atom is 0.162 e. The lowest BCUT2D eigenvalue weighted by atomic mass is 10.1. The van der Waals surface area contributed by atoms with Crippen LogP contribution in [0.3, 0.4) is 0 Å². The quantitative estimate of drug-likeness (QED) is 0.744. The first-order chi connectivity index (χ1) is 10.9. The molecule has 4 heterocycles. The van der Waals surface area contributed by atoms with E-state index in [0.29, 0.717) is 5.82 Å². The summed E-state index contributed by atoms with van der Waals surface area (Å²) in [6.07, 6.45) is 7.98. The second-order valence-corrected chi connectivity index (χ2v) is 6.16. The van der Waals surface area contributed by atoms with Crippen molar-refractivity contribution in [3.05, 3.63) is 58.6 Å². The van der Waals surface area contributed by atoms with Gasteiger partial charge in [0.25, 0.3) is 0 Å². The van der Waals surface area contributed by atoms with Gasteiger partial charge in [0, 0.05) is 38.2 Å². The van der Waals surface area contributed by atoms with E-state index in [0.717, 1.165) is 37.3 Å². The summed E-state index contributed by atoms with van der Waals surface area (Å²) in [7, 11) is 0. The van der Waals surface area contributed by atoms with Gasteiger partial charge in [-0.05, 0) is 34.4 Å². The van der Waals surface area contributed by atoms with Crippen LogP contribution in [0.5, 0.6) is 0 Å². The fourth-order valence-electron chi connectivity index (χ4n) is 2.69. The van der Waals surface area contributed by atoms with E-state index in [1.54, 1.807) is 23.7 Å². The zero-order valence-electron chi connectivity index (χ0n) is 12.0. The van der Waals surface area contributed by atoms with Gasteiger partial charge in [-0.3, -0.25) is 4.90 Å². The molecule has 110 valence electrons. The maximum absolute atomic E-state index is 4.73. The maximum atomic E-state index is 4.73. The predicted molar refractivity (Wildman–Crippen MR) is 85.2 cm³/mol. The molecule has 0 amide bonds. The Kier molecular flexibility index (Phi) is 3.62. The molecule has 0 unspecified atom stereocenters. The van der Waals surface area contributed by atoms with Crippen LogP contribution < -0.4 is 0 Å². The average molecular weight is 309 g/mol. The molecular weight excluding hydrogens is 294 g/mol. The molecule has 0 saturated heterocycles. The third-order valence-corrected chi connectivity index (χ3v) is 4.56. The molecule has 5 nitrogen and oxygen atoms in total. The number of fused-ring (bicyclic) bond motifs is 1. The summed E-state index contributed by atoms with van der Waals surface area (Å²) in [5.74, 6) is 0.705. The summed E-state index contributed by atoms with van der Waals surface area (Å²) in [6.45, 7) is 2.91. The van der Waals surface area contributed by atoms with Crippen molar-refractivity contribution < 1.29 is 0 Å². The molecular formula is C16H15N5S. The van der Waals surface area contributed by atoms with Crippen molar-refractivity contribution >= 4 is 11.3 Å². The van der Waals surface area contributed by atoms with Crippen LogP contribution in [0.25, 0.3) is 11.4 Å². The summed E-state index contributed by atoms with van der Waals surface area (Å²) in [5, 5.41) is 4.34. The van der Waals surface area contributed by atoms with Gasteiger partial charge in [-0.2, -0.15) is 11.3 Å². The molecule has 3 aromatic rings. The fourth-order valence-corrected chi connectivity index (χ4v) is 3.35. The van der Waals surface area contributed by atoms with Crippen molar-refractivity contribution in [1.82, 2.24) is 24.8 Å². The molecule has 0 spiro atoms. The zero-order chi connectivity index (χ0) is 14.8. The number of nitrogens with zero attached hydrogens (tertiary/aromatic N) is 5. The van der Waals surface area contributed by atoms with Crippen molar-refractivity contribution in [2.45, 2.75) is 19.5 Å². The van der Waals surface area contributed by atoms with Crippen molar-refractivity contribution in [1.29, 1.82) is 0 Å². The van der Waals surface area contributed by atoms with Crippen LogP contribution in [0.1, 0.15) is 16.8 Å². The number of hydrogen-bond acceptors (Lipinski definition) is 6. The van der Waals surface area contributed by atoms with E-state index in [-0.39, 0.29) is 0 Å². The average Bonchev–Trinajstić information content (AvgIpc) is 3.08. The fraction of sp³-hybridized carbons (Fsp3) is 0.250. The van der Waals surface area contributed by atoms with Gasteiger partial charge < -0.3 is 0 Å². The van der Waals surface area contributed by atoms with Crippen molar-refractivity contribution in [2.24, 2.45) is 0 Å². The molecule has 0 bridgehead atoms. The molecule has 1 aliphatic rings. The van der Waals surface area contributed by atoms with Crippen molar-refractivity contribution in [3.8, 4) is 11.4 Å². The molecule has 0 N–H and O–H groups in total. The standard InChI is InChI=1S/C16H15N5S/c1-3-21(8-12-2-4-22-10-12)9-15-13(1)7-19-16(20-15)14-5-17-11-18-6-14/h2,4-7,10-11H,1,3,8-9H2. The minimum absolute atomic E-state index is 0.705. The first-order valence-corrected chi connectivity index (χ1v) is 8.16. The minimum Gasteiger partial charge on any atom is -0.293 e. The van der Waals surface area contributed by atoms with Gasteiger partial charge in [0.1, 0.15) is 6.33 Å². The Labute approximate surface area is 132 Å². The summed E-state index contributed by atoms with van der Waals surface area (Å²) < 4.78 is 0. The number of thiophene rings is 1. The Morgan fingerprint density at radius 2 is 2.09 bits per heavy atom. The molecule has 1 aliphatic heterocycles. The van der Waals surface area contributed by atoms with Gasteiger partial charge >= 0.3 is 0 Å². The van der Waals surface area contributed by atoms with Crippen molar-refractivity contribution in [3.63, 3.8) is 0 Å². The highest BCUT2D eigenvalue weighted by Gasteiger charge is 2.19. The Hall–Kier alpha value is -2.18. The van der Waals surface area contributed by atoms with Gasteiger partial charge in [0.2, 0.25) is 0 Å². The van der Waals surface area contributed by atoms with Crippen LogP contribution in [0.2, 0.25) is 0 Å². The van der Waals surface area contributed by atoms with Gasteiger partial charge in [0.15, 0.2) is 5.82 Å². The highest BCUT2D eigenvalue weighted by Crippen LogP contribution is 2.21. The largest absolute Gasteiger partial charge is 0.293 e. The summed E-state index contributed by atoms with van der Waals surface area (Å²) in [4.78, 5) is 19.7. The lowest BCUT2D eigenvalue weighted by Crippen LogP contribution is -2.30. The van der Waals surface area contributed by atoms with Gasteiger partial charge in [0.05, 0.1) is 11.3 Å². The number of hydrogen-bond donors (Lipinski definition) is 0. The Bertz CT molecular complexity index is 757. The molecule has 0 saturated carbocycles. The van der Waals surface area contributed by atoms with E-state index in [1.165, 1.54) is 17.5 Å². The van der Waals surface area contributed by atoms with E-state index in [1.807, 2.05) is 6.20 Å². The van der Waals surface area contributed by atoms with Crippen molar-refractivity contribution in [2.75, 3.05) is 6.54 Å². The van der Waals surface area contributed by atoms with E-state index in [4.69, 9.17) is 4.98 Å². The second kappa shape index (κ2) is 5.90. The van der Waals surface area contributed by atoms with Crippen LogP contribution in [-0.4, -0.2) is 31.4 Å². The molecule has 6 heteroatoms. The molecule has 0 fully saturated rings. The predicted octanol–water partition coefficient (Wildman–Crippen LogP) is 2.55. The van der Waals surface area contributed by atoms with Crippen LogP contribution in [0, 0.1) is 0 Å². The lowest BCUT2D eigenvalue weighted by molar-refractivity contribution is 0.241. The molecule has 3 aromatic heterocycles. The van der Waals surface area contributed by atoms with Crippen LogP contribution in [0.15, 0.2) is 41.7 Å². The zero-order valence-corrected chi connectivity index (χ0v) is 12.8. The Morgan fingerprint density at radius 3 is 2.91 bits per heavy atom. The van der Waals surface area contributed by atoms with E-state index >= 15 is 0 Å². The first kappa shape index (κ1) is 13.5. The highest BCUT2D eigenvalue weighted by molar-refractivity contribution is 7.07. The number of rotatable bonds is 3. The SMILES string of the molecule is c1ncc(-c2ncc3c(n2)CN(Cc2ccsc2)CC3)cn1. The molecule has 0 atom stereocenters. The van der Waals surface area contributed by atoms with Crippen LogP contribution in [0.4, 0.5) is 0 Å². The van der Waals surface area contributed by atoms with Crippen LogP contribution >= 0.6 is 11.3 Å². The molecule has 0 radical (unpaired) electrons. The molecule has 0 aliphatic carbocycles. The van der Waals surface area contributed by atoms with Gasteiger partial charge in [-0.1, -0.05) is 0 Å². The Morgan fingerprint density at radius 1 is 1.18 bits per heavy atom. The minimum atomic E-state index is 0.705. The second-order valence-electron chi connectivity index (χ2n) is 5.38. The van der Waals surface area contributed by atoms with Gasteiger partial charge in [-0.25, -0.2) is 19.9 Å². The monoisotopic (exact) mass is 309 g/mol. The van der Waals surface area contributed by atoms with Gasteiger partial charge in [-0.15, -0.1) is 0 Å². The number of aromatic nitrogens is 4. The van der Waals surface area contributed by atoms with E-state index in [9.17, 15) is 0 Å². The topological polar surface area (TPSA) is 54.8 Å².